The summed E-state index contributed by atoms with van der Waals surface area (Å²) in [7, 11) is 0. The number of benzene rings is 1. The number of para-hydroxylation sites is 1. The van der Waals surface area contributed by atoms with Crippen LogP contribution >= 0.6 is 0 Å². The molecule has 1 atom stereocenters. The van der Waals surface area contributed by atoms with Crippen LogP contribution in [-0.4, -0.2) is 41.9 Å². The van der Waals surface area contributed by atoms with Crippen molar-refractivity contribution in [3.63, 3.8) is 0 Å². The average Bonchev–Trinajstić information content (AvgIpc) is 3.06. The topological polar surface area (TPSA) is 36.7 Å². The van der Waals surface area contributed by atoms with E-state index in [1.54, 1.807) is 0 Å². The molecular formula is C23H32N2O2. The molecule has 2 fully saturated rings. The molecule has 1 unspecified atom stereocenters. The SMILES string of the molecule is CCc1oc2ccccc2c1CN1CCC(C(=O)N2CCCC(C)C2)CC1. The Bertz CT molecular complexity index is 789. The van der Waals surface area contributed by atoms with Gasteiger partial charge in [0.25, 0.3) is 0 Å². The summed E-state index contributed by atoms with van der Waals surface area (Å²) in [5, 5.41) is 1.25. The van der Waals surface area contributed by atoms with Crippen molar-refractivity contribution >= 4 is 16.9 Å². The molecule has 0 bridgehead atoms. The third-order valence-corrected chi connectivity index (χ3v) is 6.39. The van der Waals surface area contributed by atoms with Gasteiger partial charge in [0.15, 0.2) is 0 Å². The lowest BCUT2D eigenvalue weighted by Gasteiger charge is -2.37. The number of furan rings is 1. The lowest BCUT2D eigenvalue weighted by Crippen LogP contribution is -2.45. The maximum atomic E-state index is 12.9. The molecule has 3 heterocycles. The molecule has 2 saturated heterocycles. The van der Waals surface area contributed by atoms with E-state index < -0.39 is 0 Å². The third-order valence-electron chi connectivity index (χ3n) is 6.39. The van der Waals surface area contributed by atoms with E-state index in [4.69, 9.17) is 4.42 Å². The minimum absolute atomic E-state index is 0.221. The first-order chi connectivity index (χ1) is 13.2. The minimum Gasteiger partial charge on any atom is -0.461 e. The molecule has 0 radical (unpaired) electrons. The van der Waals surface area contributed by atoms with E-state index in [0.29, 0.717) is 11.8 Å². The molecule has 0 spiro atoms. The summed E-state index contributed by atoms with van der Waals surface area (Å²) in [5.41, 5.74) is 2.33. The molecule has 27 heavy (non-hydrogen) atoms. The van der Waals surface area contributed by atoms with Crippen LogP contribution in [0.25, 0.3) is 11.0 Å². The minimum atomic E-state index is 0.221. The van der Waals surface area contributed by atoms with Gasteiger partial charge in [-0.2, -0.15) is 0 Å². The van der Waals surface area contributed by atoms with Crippen LogP contribution in [0.2, 0.25) is 0 Å². The predicted octanol–water partition coefficient (Wildman–Crippen LogP) is 4.47. The lowest BCUT2D eigenvalue weighted by atomic mass is 9.92. The van der Waals surface area contributed by atoms with Gasteiger partial charge in [0.2, 0.25) is 5.91 Å². The number of carbonyl (C=O) groups excluding carboxylic acids is 1. The van der Waals surface area contributed by atoms with Crippen molar-refractivity contribution in [1.82, 2.24) is 9.80 Å². The van der Waals surface area contributed by atoms with Crippen LogP contribution < -0.4 is 0 Å². The zero-order chi connectivity index (χ0) is 18.8. The molecule has 2 aliphatic heterocycles. The van der Waals surface area contributed by atoms with Crippen LogP contribution in [0.15, 0.2) is 28.7 Å². The highest BCUT2D eigenvalue weighted by atomic mass is 16.3. The fourth-order valence-electron chi connectivity index (χ4n) is 4.82. The smallest absolute Gasteiger partial charge is 0.225 e. The summed E-state index contributed by atoms with van der Waals surface area (Å²) < 4.78 is 6.05. The fraction of sp³-hybridized carbons (Fsp3) is 0.609. The van der Waals surface area contributed by atoms with Crippen LogP contribution in [0.4, 0.5) is 0 Å². The molecule has 0 saturated carbocycles. The van der Waals surface area contributed by atoms with Crippen LogP contribution in [0.5, 0.6) is 0 Å². The molecule has 0 N–H and O–H groups in total. The maximum Gasteiger partial charge on any atom is 0.225 e. The Morgan fingerprint density at radius 2 is 1.93 bits per heavy atom. The van der Waals surface area contributed by atoms with Crippen LogP contribution in [-0.2, 0) is 17.8 Å². The van der Waals surface area contributed by atoms with Crippen molar-refractivity contribution in [2.24, 2.45) is 11.8 Å². The summed E-state index contributed by atoms with van der Waals surface area (Å²) in [5.74, 6) is 2.39. The molecule has 1 aromatic heterocycles. The Kier molecular flexibility index (Phi) is 5.53. The van der Waals surface area contributed by atoms with Gasteiger partial charge in [-0.25, -0.2) is 0 Å². The van der Waals surface area contributed by atoms with Gasteiger partial charge in [-0.3, -0.25) is 9.69 Å². The number of rotatable bonds is 4. The van der Waals surface area contributed by atoms with Crippen LogP contribution in [0, 0.1) is 11.8 Å². The normalized spacial score (nSPS) is 22.4. The van der Waals surface area contributed by atoms with Gasteiger partial charge in [-0.05, 0) is 50.8 Å². The number of aryl methyl sites for hydroxylation is 1. The summed E-state index contributed by atoms with van der Waals surface area (Å²) >= 11 is 0. The zero-order valence-corrected chi connectivity index (χ0v) is 16.7. The van der Waals surface area contributed by atoms with Gasteiger partial charge in [0.1, 0.15) is 11.3 Å². The lowest BCUT2D eigenvalue weighted by molar-refractivity contribution is -0.138. The third kappa shape index (κ3) is 3.91. The molecule has 4 heteroatoms. The first kappa shape index (κ1) is 18.5. The van der Waals surface area contributed by atoms with Crippen molar-refractivity contribution in [1.29, 1.82) is 0 Å². The van der Waals surface area contributed by atoms with E-state index in [1.807, 2.05) is 6.07 Å². The van der Waals surface area contributed by atoms with Gasteiger partial charge in [-0.1, -0.05) is 32.0 Å². The van der Waals surface area contributed by atoms with E-state index in [0.717, 1.165) is 63.3 Å². The summed E-state index contributed by atoms with van der Waals surface area (Å²) in [6, 6.07) is 8.35. The fourth-order valence-corrected chi connectivity index (χ4v) is 4.82. The Morgan fingerprint density at radius 3 is 2.67 bits per heavy atom. The Labute approximate surface area is 162 Å². The number of amides is 1. The van der Waals surface area contributed by atoms with E-state index in [9.17, 15) is 4.79 Å². The van der Waals surface area contributed by atoms with E-state index >= 15 is 0 Å². The van der Waals surface area contributed by atoms with Crippen molar-refractivity contribution in [3.8, 4) is 0 Å². The first-order valence-corrected chi connectivity index (χ1v) is 10.7. The molecule has 4 nitrogen and oxygen atoms in total. The summed E-state index contributed by atoms with van der Waals surface area (Å²) in [4.78, 5) is 17.5. The van der Waals surface area contributed by atoms with Gasteiger partial charge in [0.05, 0.1) is 0 Å². The van der Waals surface area contributed by atoms with E-state index in [1.165, 1.54) is 23.8 Å². The number of nitrogens with zero attached hydrogens (tertiary/aromatic N) is 2. The molecular weight excluding hydrogens is 336 g/mol. The number of hydrogen-bond acceptors (Lipinski definition) is 3. The second-order valence-electron chi connectivity index (χ2n) is 8.44. The molecule has 146 valence electrons. The molecule has 4 rings (SSSR count). The van der Waals surface area contributed by atoms with Crippen molar-refractivity contribution < 1.29 is 9.21 Å². The highest BCUT2D eigenvalue weighted by Gasteiger charge is 2.31. The standard InChI is InChI=1S/C23H32N2O2/c1-3-21-20(19-8-4-5-9-22(19)27-21)16-24-13-10-18(11-14-24)23(26)25-12-6-7-17(2)15-25/h4-5,8-9,17-18H,3,6-7,10-16H2,1-2H3. The molecule has 1 aromatic carbocycles. The predicted molar refractivity (Wildman–Crippen MR) is 109 cm³/mol. The average molecular weight is 369 g/mol. The van der Waals surface area contributed by atoms with Crippen molar-refractivity contribution in [2.75, 3.05) is 26.2 Å². The summed E-state index contributed by atoms with van der Waals surface area (Å²) in [6.07, 6.45) is 5.33. The Balaban J connectivity index is 1.38. The highest BCUT2D eigenvalue weighted by molar-refractivity contribution is 5.82. The van der Waals surface area contributed by atoms with E-state index in [-0.39, 0.29) is 5.92 Å². The molecule has 1 amide bonds. The van der Waals surface area contributed by atoms with Gasteiger partial charge < -0.3 is 9.32 Å². The number of hydrogen-bond donors (Lipinski definition) is 0. The van der Waals surface area contributed by atoms with Crippen LogP contribution in [0.1, 0.15) is 50.9 Å². The second kappa shape index (κ2) is 8.05. The quantitative estimate of drug-likeness (QED) is 0.799. The maximum absolute atomic E-state index is 12.9. The first-order valence-electron chi connectivity index (χ1n) is 10.7. The molecule has 2 aliphatic rings. The van der Waals surface area contributed by atoms with Gasteiger partial charge in [-0.15, -0.1) is 0 Å². The second-order valence-corrected chi connectivity index (χ2v) is 8.44. The number of piperidine rings is 2. The summed E-state index contributed by atoms with van der Waals surface area (Å²) in [6.45, 7) is 9.28. The largest absolute Gasteiger partial charge is 0.461 e. The monoisotopic (exact) mass is 368 g/mol. The van der Waals surface area contributed by atoms with Crippen molar-refractivity contribution in [2.45, 2.75) is 52.5 Å². The highest BCUT2D eigenvalue weighted by Crippen LogP contribution is 2.30. The Hall–Kier alpha value is -1.81. The Morgan fingerprint density at radius 1 is 1.15 bits per heavy atom. The zero-order valence-electron chi connectivity index (χ0n) is 16.7. The molecule has 0 aliphatic carbocycles. The number of carbonyl (C=O) groups is 1. The molecule has 2 aromatic rings. The van der Waals surface area contributed by atoms with Crippen LogP contribution in [0.3, 0.4) is 0 Å². The van der Waals surface area contributed by atoms with E-state index in [2.05, 4.69) is 41.8 Å². The number of fused-ring (bicyclic) bond motifs is 1. The number of likely N-dealkylation sites (tertiary alicyclic amines) is 2. The van der Waals surface area contributed by atoms with Crippen molar-refractivity contribution in [3.05, 3.63) is 35.6 Å². The van der Waals surface area contributed by atoms with Gasteiger partial charge >= 0.3 is 0 Å². The van der Waals surface area contributed by atoms with Gasteiger partial charge in [0, 0.05) is 42.9 Å².